The molecule has 0 spiro atoms. The molecular formula is C9H13NOS. The van der Waals surface area contributed by atoms with Crippen molar-refractivity contribution < 1.29 is 5.11 Å². The van der Waals surface area contributed by atoms with Gasteiger partial charge in [0.1, 0.15) is 0 Å². The van der Waals surface area contributed by atoms with Crippen LogP contribution in [0.3, 0.4) is 0 Å². The SMILES string of the molecule is CCN1Cc2sccc2C(O)C1. The molecule has 2 nitrogen and oxygen atoms in total. The van der Waals surface area contributed by atoms with Gasteiger partial charge in [-0.05, 0) is 23.6 Å². The standard InChI is InChI=1S/C9H13NOS/c1-2-10-5-8(11)7-3-4-12-9(7)6-10/h3-4,8,11H,2,5-6H2,1H3. The predicted octanol–water partition coefficient (Wildman–Crippen LogP) is 1.62. The van der Waals surface area contributed by atoms with Gasteiger partial charge in [-0.25, -0.2) is 0 Å². The molecule has 3 heteroatoms. The summed E-state index contributed by atoms with van der Waals surface area (Å²) in [6.07, 6.45) is -0.264. The van der Waals surface area contributed by atoms with E-state index in [1.807, 2.05) is 6.07 Å². The van der Waals surface area contributed by atoms with Gasteiger partial charge in [-0.15, -0.1) is 11.3 Å². The average Bonchev–Trinajstić information content (AvgIpc) is 2.52. The fraction of sp³-hybridized carbons (Fsp3) is 0.556. The lowest BCUT2D eigenvalue weighted by Gasteiger charge is -2.28. The maximum Gasteiger partial charge on any atom is 0.0928 e. The second-order valence-corrected chi connectivity index (χ2v) is 4.14. The van der Waals surface area contributed by atoms with E-state index in [1.165, 1.54) is 4.88 Å². The monoisotopic (exact) mass is 183 g/mol. The molecule has 0 aromatic carbocycles. The van der Waals surface area contributed by atoms with Gasteiger partial charge in [0.05, 0.1) is 6.10 Å². The number of fused-ring (bicyclic) bond motifs is 1. The Morgan fingerprint density at radius 1 is 1.75 bits per heavy atom. The van der Waals surface area contributed by atoms with Crippen LogP contribution < -0.4 is 0 Å². The van der Waals surface area contributed by atoms with Crippen LogP contribution in [0, 0.1) is 0 Å². The Bertz CT molecular complexity index is 271. The summed E-state index contributed by atoms with van der Waals surface area (Å²) in [6.45, 7) is 4.96. The van der Waals surface area contributed by atoms with Crippen LogP contribution in [0.5, 0.6) is 0 Å². The molecule has 1 N–H and O–H groups in total. The lowest BCUT2D eigenvalue weighted by atomic mass is 10.1. The summed E-state index contributed by atoms with van der Waals surface area (Å²) in [7, 11) is 0. The van der Waals surface area contributed by atoms with Gasteiger partial charge in [-0.3, -0.25) is 4.90 Å². The second-order valence-electron chi connectivity index (χ2n) is 3.14. The van der Waals surface area contributed by atoms with Crippen molar-refractivity contribution >= 4 is 11.3 Å². The van der Waals surface area contributed by atoms with E-state index in [9.17, 15) is 5.11 Å². The molecule has 2 heterocycles. The highest BCUT2D eigenvalue weighted by molar-refractivity contribution is 7.10. The molecule has 1 atom stereocenters. The Morgan fingerprint density at radius 2 is 2.58 bits per heavy atom. The maximum atomic E-state index is 9.72. The van der Waals surface area contributed by atoms with Crippen LogP contribution in [0.2, 0.25) is 0 Å². The predicted molar refractivity (Wildman–Crippen MR) is 50.2 cm³/mol. The van der Waals surface area contributed by atoms with Crippen LogP contribution in [0.15, 0.2) is 11.4 Å². The van der Waals surface area contributed by atoms with Gasteiger partial charge in [0.15, 0.2) is 0 Å². The first-order chi connectivity index (χ1) is 5.81. The normalized spacial score (nSPS) is 24.0. The molecular weight excluding hydrogens is 170 g/mol. The van der Waals surface area contributed by atoms with Crippen molar-refractivity contribution in [2.45, 2.75) is 19.6 Å². The lowest BCUT2D eigenvalue weighted by Crippen LogP contribution is -2.32. The first-order valence-corrected chi connectivity index (χ1v) is 5.16. The van der Waals surface area contributed by atoms with Gasteiger partial charge in [-0.2, -0.15) is 0 Å². The highest BCUT2D eigenvalue weighted by Gasteiger charge is 2.22. The Hall–Kier alpha value is -0.380. The number of likely N-dealkylation sites (N-methyl/N-ethyl adjacent to an activating group) is 1. The molecule has 0 saturated heterocycles. The molecule has 0 saturated carbocycles. The molecule has 0 radical (unpaired) electrons. The van der Waals surface area contributed by atoms with Crippen molar-refractivity contribution in [1.82, 2.24) is 4.90 Å². The molecule has 1 aromatic heterocycles. The number of β-amino-alcohol motifs (C(OH)–C–C–N with tert-alkyl or cyclic N) is 1. The third-order valence-corrected chi connectivity index (χ3v) is 3.31. The number of hydrogen-bond donors (Lipinski definition) is 1. The third kappa shape index (κ3) is 1.28. The van der Waals surface area contributed by atoms with E-state index >= 15 is 0 Å². The number of hydrogen-bond acceptors (Lipinski definition) is 3. The molecule has 0 bridgehead atoms. The van der Waals surface area contributed by atoms with Crippen LogP contribution >= 0.6 is 11.3 Å². The summed E-state index contributed by atoms with van der Waals surface area (Å²) < 4.78 is 0. The Balaban J connectivity index is 2.26. The Morgan fingerprint density at radius 3 is 3.33 bits per heavy atom. The zero-order chi connectivity index (χ0) is 8.55. The van der Waals surface area contributed by atoms with E-state index in [0.717, 1.165) is 25.2 Å². The van der Waals surface area contributed by atoms with Gasteiger partial charge >= 0.3 is 0 Å². The maximum absolute atomic E-state index is 9.72. The highest BCUT2D eigenvalue weighted by Crippen LogP contribution is 2.29. The van der Waals surface area contributed by atoms with Crippen LogP contribution in [0.1, 0.15) is 23.5 Å². The summed E-state index contributed by atoms with van der Waals surface area (Å²) in [6, 6.07) is 2.04. The fourth-order valence-corrected chi connectivity index (χ4v) is 2.60. The smallest absolute Gasteiger partial charge is 0.0928 e. The molecule has 0 aliphatic carbocycles. The van der Waals surface area contributed by atoms with Gasteiger partial charge in [-0.1, -0.05) is 6.92 Å². The Kier molecular flexibility index (Phi) is 2.17. The van der Waals surface area contributed by atoms with Crippen molar-refractivity contribution in [1.29, 1.82) is 0 Å². The molecule has 66 valence electrons. The van der Waals surface area contributed by atoms with E-state index in [-0.39, 0.29) is 6.10 Å². The van der Waals surface area contributed by atoms with Crippen LogP contribution in [-0.4, -0.2) is 23.1 Å². The Labute approximate surface area is 76.4 Å². The molecule has 1 unspecified atom stereocenters. The largest absolute Gasteiger partial charge is 0.387 e. The zero-order valence-electron chi connectivity index (χ0n) is 7.16. The van der Waals surface area contributed by atoms with Crippen molar-refractivity contribution in [2.24, 2.45) is 0 Å². The number of aliphatic hydroxyl groups is 1. The summed E-state index contributed by atoms with van der Waals surface area (Å²) in [5, 5.41) is 11.8. The lowest BCUT2D eigenvalue weighted by molar-refractivity contribution is 0.0976. The van der Waals surface area contributed by atoms with Gasteiger partial charge in [0, 0.05) is 18.0 Å². The summed E-state index contributed by atoms with van der Waals surface area (Å²) in [4.78, 5) is 3.60. The molecule has 0 amide bonds. The van der Waals surface area contributed by atoms with E-state index in [0.29, 0.717) is 0 Å². The molecule has 1 aliphatic heterocycles. The van der Waals surface area contributed by atoms with Crippen LogP contribution in [0.25, 0.3) is 0 Å². The topological polar surface area (TPSA) is 23.5 Å². The highest BCUT2D eigenvalue weighted by atomic mass is 32.1. The van der Waals surface area contributed by atoms with Crippen LogP contribution in [0.4, 0.5) is 0 Å². The molecule has 1 aliphatic rings. The summed E-state index contributed by atoms with van der Waals surface area (Å²) in [5.74, 6) is 0. The molecule has 1 aromatic rings. The van der Waals surface area contributed by atoms with E-state index in [4.69, 9.17) is 0 Å². The minimum absolute atomic E-state index is 0.264. The van der Waals surface area contributed by atoms with Gasteiger partial charge in [0.2, 0.25) is 0 Å². The van der Waals surface area contributed by atoms with Crippen LogP contribution in [-0.2, 0) is 6.54 Å². The minimum atomic E-state index is -0.264. The van der Waals surface area contributed by atoms with Crippen molar-refractivity contribution in [2.75, 3.05) is 13.1 Å². The second kappa shape index (κ2) is 3.17. The van der Waals surface area contributed by atoms with Gasteiger partial charge in [0.25, 0.3) is 0 Å². The van der Waals surface area contributed by atoms with Crippen molar-refractivity contribution in [3.05, 3.63) is 21.9 Å². The zero-order valence-corrected chi connectivity index (χ0v) is 7.97. The molecule has 12 heavy (non-hydrogen) atoms. The van der Waals surface area contributed by atoms with E-state index < -0.39 is 0 Å². The average molecular weight is 183 g/mol. The first-order valence-electron chi connectivity index (χ1n) is 4.28. The summed E-state index contributed by atoms with van der Waals surface area (Å²) >= 11 is 1.75. The number of nitrogens with zero attached hydrogens (tertiary/aromatic N) is 1. The van der Waals surface area contributed by atoms with E-state index in [2.05, 4.69) is 17.2 Å². The van der Waals surface area contributed by atoms with E-state index in [1.54, 1.807) is 11.3 Å². The fourth-order valence-electron chi connectivity index (χ4n) is 1.63. The third-order valence-electron chi connectivity index (χ3n) is 2.38. The van der Waals surface area contributed by atoms with Crippen molar-refractivity contribution in [3.8, 4) is 0 Å². The number of thiophene rings is 1. The number of rotatable bonds is 1. The molecule has 2 rings (SSSR count). The number of aliphatic hydroxyl groups excluding tert-OH is 1. The van der Waals surface area contributed by atoms with Crippen molar-refractivity contribution in [3.63, 3.8) is 0 Å². The van der Waals surface area contributed by atoms with Gasteiger partial charge < -0.3 is 5.11 Å². The molecule has 0 fully saturated rings. The first kappa shape index (κ1) is 8.23. The quantitative estimate of drug-likeness (QED) is 0.715. The minimum Gasteiger partial charge on any atom is -0.387 e. The summed E-state index contributed by atoms with van der Waals surface area (Å²) in [5.41, 5.74) is 1.14.